The SMILES string of the molecule is c1ccc(-c2ccc(-c3ccc(-c4ccc(N(c5ccc(-c6ccccc6)cc5)c5ccc(-c6cccc(-n7c8ccccc8c8ccccc87)c6)cc5)cc4)cc3)cc2)cc1. The lowest BCUT2D eigenvalue weighted by atomic mass is 9.98. The number of aromatic nitrogens is 1. The van der Waals surface area contributed by atoms with Crippen LogP contribution in [0, 0.1) is 0 Å². The zero-order valence-electron chi connectivity index (χ0n) is 34.1. The molecule has 292 valence electrons. The average molecular weight is 791 g/mol. The quantitative estimate of drug-likeness (QED) is 0.141. The number of para-hydroxylation sites is 2. The molecule has 0 aliphatic carbocycles. The third kappa shape index (κ3) is 7.04. The fraction of sp³-hybridized carbons (Fsp3) is 0. The molecule has 0 saturated heterocycles. The van der Waals surface area contributed by atoms with Crippen LogP contribution in [0.2, 0.25) is 0 Å². The third-order valence-electron chi connectivity index (χ3n) is 12.0. The molecule has 11 rings (SSSR count). The molecular weight excluding hydrogens is 749 g/mol. The van der Waals surface area contributed by atoms with Gasteiger partial charge in [0.25, 0.3) is 0 Å². The Morgan fingerprint density at radius 1 is 0.226 bits per heavy atom. The summed E-state index contributed by atoms with van der Waals surface area (Å²) in [6.45, 7) is 0. The minimum atomic E-state index is 1.09. The van der Waals surface area contributed by atoms with Crippen LogP contribution in [0.5, 0.6) is 0 Å². The lowest BCUT2D eigenvalue weighted by Gasteiger charge is -2.26. The molecule has 0 aliphatic heterocycles. The Morgan fingerprint density at radius 3 is 0.903 bits per heavy atom. The Kier molecular flexibility index (Phi) is 9.57. The van der Waals surface area contributed by atoms with Gasteiger partial charge in [-0.1, -0.05) is 194 Å². The number of rotatable bonds is 9. The first-order chi connectivity index (χ1) is 30.7. The fourth-order valence-corrected chi connectivity index (χ4v) is 8.85. The van der Waals surface area contributed by atoms with Crippen molar-refractivity contribution in [2.75, 3.05) is 4.90 Å². The number of hydrogen-bond acceptors (Lipinski definition) is 1. The lowest BCUT2D eigenvalue weighted by molar-refractivity contribution is 1.18. The molecule has 0 aliphatic rings. The van der Waals surface area contributed by atoms with Gasteiger partial charge in [-0.25, -0.2) is 0 Å². The minimum absolute atomic E-state index is 1.09. The molecule has 1 heterocycles. The molecule has 0 unspecified atom stereocenters. The molecule has 2 heteroatoms. The number of hydrogen-bond donors (Lipinski definition) is 0. The summed E-state index contributed by atoms with van der Waals surface area (Å²) in [5.74, 6) is 0. The van der Waals surface area contributed by atoms with Crippen molar-refractivity contribution in [1.29, 1.82) is 0 Å². The van der Waals surface area contributed by atoms with E-state index in [-0.39, 0.29) is 0 Å². The summed E-state index contributed by atoms with van der Waals surface area (Å²) in [5.41, 5.74) is 18.8. The molecule has 0 atom stereocenters. The number of fused-ring (bicyclic) bond motifs is 3. The van der Waals surface area contributed by atoms with Crippen LogP contribution in [0.1, 0.15) is 0 Å². The van der Waals surface area contributed by atoms with E-state index >= 15 is 0 Å². The van der Waals surface area contributed by atoms with Crippen LogP contribution in [0.15, 0.2) is 255 Å². The van der Waals surface area contributed by atoms with Crippen molar-refractivity contribution >= 4 is 38.9 Å². The molecule has 0 saturated carbocycles. The highest BCUT2D eigenvalue weighted by Gasteiger charge is 2.16. The van der Waals surface area contributed by atoms with Crippen molar-refractivity contribution in [3.05, 3.63) is 255 Å². The molecule has 11 aromatic rings. The predicted molar refractivity (Wildman–Crippen MR) is 263 cm³/mol. The number of benzene rings is 10. The molecule has 0 spiro atoms. The predicted octanol–water partition coefficient (Wildman–Crippen LogP) is 16.6. The summed E-state index contributed by atoms with van der Waals surface area (Å²) in [6.07, 6.45) is 0. The first-order valence-corrected chi connectivity index (χ1v) is 21.2. The smallest absolute Gasteiger partial charge is 0.0541 e. The zero-order valence-corrected chi connectivity index (χ0v) is 34.1. The standard InChI is InChI=1S/C60H42N2/c1-3-12-43(13-4-1)45-22-24-46(25-23-45)47-26-28-48(29-27-47)50-32-38-54(39-33-50)61(53-36-30-49(31-37-53)44-14-5-2-6-15-44)55-40-34-51(35-41-55)52-16-11-17-56(42-52)62-59-20-9-7-18-57(59)58-19-8-10-21-60(58)62/h1-42H. The van der Waals surface area contributed by atoms with Gasteiger partial charge < -0.3 is 9.47 Å². The van der Waals surface area contributed by atoms with Crippen LogP contribution < -0.4 is 4.90 Å². The molecule has 0 fully saturated rings. The Bertz CT molecular complexity index is 3220. The summed E-state index contributed by atoms with van der Waals surface area (Å²) in [6, 6.07) is 91.9. The second-order valence-corrected chi connectivity index (χ2v) is 15.8. The normalized spacial score (nSPS) is 11.2. The van der Waals surface area contributed by atoms with Crippen molar-refractivity contribution in [2.45, 2.75) is 0 Å². The van der Waals surface area contributed by atoms with Crippen LogP contribution in [0.3, 0.4) is 0 Å². The molecule has 0 N–H and O–H groups in total. The van der Waals surface area contributed by atoms with Gasteiger partial charge in [-0.05, 0) is 116 Å². The van der Waals surface area contributed by atoms with E-state index in [1.54, 1.807) is 0 Å². The molecule has 0 bridgehead atoms. The van der Waals surface area contributed by atoms with Gasteiger partial charge in [-0.15, -0.1) is 0 Å². The molecule has 0 radical (unpaired) electrons. The third-order valence-corrected chi connectivity index (χ3v) is 12.0. The van der Waals surface area contributed by atoms with Crippen LogP contribution in [-0.4, -0.2) is 4.57 Å². The van der Waals surface area contributed by atoms with Crippen molar-refractivity contribution in [1.82, 2.24) is 4.57 Å². The van der Waals surface area contributed by atoms with Gasteiger partial charge in [-0.3, -0.25) is 0 Å². The Morgan fingerprint density at radius 2 is 0.516 bits per heavy atom. The summed E-state index contributed by atoms with van der Waals surface area (Å²) in [5, 5.41) is 2.53. The minimum Gasteiger partial charge on any atom is -0.311 e. The maximum atomic E-state index is 2.38. The van der Waals surface area contributed by atoms with E-state index in [9.17, 15) is 0 Å². The Labute approximate surface area is 362 Å². The van der Waals surface area contributed by atoms with Crippen molar-refractivity contribution in [3.8, 4) is 61.3 Å². The van der Waals surface area contributed by atoms with Crippen LogP contribution in [0.25, 0.3) is 83.1 Å². The maximum absolute atomic E-state index is 2.38. The summed E-state index contributed by atoms with van der Waals surface area (Å²) < 4.78 is 2.38. The topological polar surface area (TPSA) is 8.17 Å². The number of anilines is 3. The molecule has 1 aromatic heterocycles. The molecule has 2 nitrogen and oxygen atoms in total. The number of nitrogens with zero attached hydrogens (tertiary/aromatic N) is 2. The van der Waals surface area contributed by atoms with E-state index in [0.717, 1.165) is 22.7 Å². The largest absolute Gasteiger partial charge is 0.311 e. The summed E-state index contributed by atoms with van der Waals surface area (Å²) >= 11 is 0. The van der Waals surface area contributed by atoms with Crippen LogP contribution >= 0.6 is 0 Å². The van der Waals surface area contributed by atoms with E-state index in [4.69, 9.17) is 0 Å². The molecule has 62 heavy (non-hydrogen) atoms. The second-order valence-electron chi connectivity index (χ2n) is 15.8. The first kappa shape index (κ1) is 36.8. The highest BCUT2D eigenvalue weighted by molar-refractivity contribution is 6.09. The summed E-state index contributed by atoms with van der Waals surface area (Å²) in [7, 11) is 0. The Hall–Kier alpha value is -8.20. The van der Waals surface area contributed by atoms with E-state index in [1.165, 1.54) is 77.4 Å². The van der Waals surface area contributed by atoms with Gasteiger partial charge in [0.2, 0.25) is 0 Å². The molecule has 0 amide bonds. The lowest BCUT2D eigenvalue weighted by Crippen LogP contribution is -2.09. The summed E-state index contributed by atoms with van der Waals surface area (Å²) in [4.78, 5) is 2.35. The first-order valence-electron chi connectivity index (χ1n) is 21.2. The van der Waals surface area contributed by atoms with E-state index in [2.05, 4.69) is 264 Å². The van der Waals surface area contributed by atoms with Crippen molar-refractivity contribution < 1.29 is 0 Å². The highest BCUT2D eigenvalue weighted by Crippen LogP contribution is 2.39. The van der Waals surface area contributed by atoms with Crippen molar-refractivity contribution in [3.63, 3.8) is 0 Å². The van der Waals surface area contributed by atoms with Crippen molar-refractivity contribution in [2.24, 2.45) is 0 Å². The van der Waals surface area contributed by atoms with Crippen LogP contribution in [0.4, 0.5) is 17.1 Å². The van der Waals surface area contributed by atoms with Crippen LogP contribution in [-0.2, 0) is 0 Å². The van der Waals surface area contributed by atoms with Gasteiger partial charge in [0.1, 0.15) is 0 Å². The van der Waals surface area contributed by atoms with Gasteiger partial charge in [0.15, 0.2) is 0 Å². The van der Waals surface area contributed by atoms with Gasteiger partial charge >= 0.3 is 0 Å². The molecule has 10 aromatic carbocycles. The van der Waals surface area contributed by atoms with Gasteiger partial charge in [0.05, 0.1) is 11.0 Å². The fourth-order valence-electron chi connectivity index (χ4n) is 8.85. The molecular formula is C60H42N2. The van der Waals surface area contributed by atoms with E-state index in [0.29, 0.717) is 0 Å². The zero-order chi connectivity index (χ0) is 41.2. The average Bonchev–Trinajstić information content (AvgIpc) is 3.70. The van der Waals surface area contributed by atoms with E-state index in [1.807, 2.05) is 0 Å². The maximum Gasteiger partial charge on any atom is 0.0541 e. The van der Waals surface area contributed by atoms with E-state index < -0.39 is 0 Å². The second kappa shape index (κ2) is 16.1. The highest BCUT2D eigenvalue weighted by atomic mass is 15.1. The van der Waals surface area contributed by atoms with Gasteiger partial charge in [-0.2, -0.15) is 0 Å². The monoisotopic (exact) mass is 790 g/mol. The Balaban J connectivity index is 0.900. The van der Waals surface area contributed by atoms with Gasteiger partial charge in [0, 0.05) is 33.5 Å².